The zero-order valence-corrected chi connectivity index (χ0v) is 12.7. The molecule has 0 unspecified atom stereocenters. The second-order valence-corrected chi connectivity index (χ2v) is 5.41. The van der Waals surface area contributed by atoms with Gasteiger partial charge in [0, 0.05) is 24.2 Å². The predicted octanol–water partition coefficient (Wildman–Crippen LogP) is 2.55. The lowest BCUT2D eigenvalue weighted by Crippen LogP contribution is -2.28. The normalized spacial score (nSPS) is 21.1. The van der Waals surface area contributed by atoms with Crippen molar-refractivity contribution in [3.05, 3.63) is 18.2 Å². The summed E-state index contributed by atoms with van der Waals surface area (Å²) in [6.45, 7) is 2.46. The van der Waals surface area contributed by atoms with Crippen molar-refractivity contribution in [1.82, 2.24) is 0 Å². The Kier molecular flexibility index (Phi) is 5.44. The lowest BCUT2D eigenvalue weighted by atomic mass is 10.00. The summed E-state index contributed by atoms with van der Waals surface area (Å²) in [5.74, 6) is 1.60. The van der Waals surface area contributed by atoms with Gasteiger partial charge in [-0.1, -0.05) is 6.42 Å². The summed E-state index contributed by atoms with van der Waals surface area (Å²) in [5.41, 5.74) is 6.72. The minimum Gasteiger partial charge on any atom is -0.493 e. The zero-order valence-electron chi connectivity index (χ0n) is 12.7. The number of carbonyl (C=O) groups is 1. The maximum absolute atomic E-state index is 12.1. The third-order valence-electron chi connectivity index (χ3n) is 3.91. The number of rotatable bonds is 6. The van der Waals surface area contributed by atoms with E-state index in [1.54, 1.807) is 19.2 Å². The van der Waals surface area contributed by atoms with Crippen LogP contribution in [0.5, 0.6) is 11.5 Å². The first-order valence-electron chi connectivity index (χ1n) is 7.50. The fourth-order valence-electron chi connectivity index (χ4n) is 2.79. The number of anilines is 1. The molecular formula is C16H24N2O3. The van der Waals surface area contributed by atoms with Crippen molar-refractivity contribution < 1.29 is 14.3 Å². The third-order valence-corrected chi connectivity index (χ3v) is 3.91. The lowest BCUT2D eigenvalue weighted by molar-refractivity contribution is -0.117. The first-order valence-corrected chi connectivity index (χ1v) is 7.50. The van der Waals surface area contributed by atoms with Gasteiger partial charge in [0.05, 0.1) is 13.7 Å². The second kappa shape index (κ2) is 7.31. The number of benzene rings is 1. The van der Waals surface area contributed by atoms with Crippen molar-refractivity contribution in [2.75, 3.05) is 19.0 Å². The minimum atomic E-state index is 0.00460. The van der Waals surface area contributed by atoms with Crippen LogP contribution in [0.1, 0.15) is 32.6 Å². The maximum atomic E-state index is 12.1. The van der Waals surface area contributed by atoms with Gasteiger partial charge in [-0.15, -0.1) is 0 Å². The molecule has 0 aliphatic heterocycles. The van der Waals surface area contributed by atoms with Gasteiger partial charge in [-0.2, -0.15) is 0 Å². The van der Waals surface area contributed by atoms with Gasteiger partial charge in [0.2, 0.25) is 5.91 Å². The van der Waals surface area contributed by atoms with Crippen LogP contribution in [-0.4, -0.2) is 25.7 Å². The van der Waals surface area contributed by atoms with E-state index in [1.807, 2.05) is 13.0 Å². The highest BCUT2D eigenvalue weighted by Gasteiger charge is 2.26. The molecule has 0 spiro atoms. The number of nitrogens with one attached hydrogen (secondary N) is 1. The van der Waals surface area contributed by atoms with Gasteiger partial charge in [-0.3, -0.25) is 4.79 Å². The van der Waals surface area contributed by atoms with Crippen LogP contribution in [0.25, 0.3) is 0 Å². The first kappa shape index (κ1) is 15.6. The van der Waals surface area contributed by atoms with E-state index in [-0.39, 0.29) is 11.9 Å². The Balaban J connectivity index is 1.98. The predicted molar refractivity (Wildman–Crippen MR) is 82.7 cm³/mol. The molecule has 3 N–H and O–H groups in total. The summed E-state index contributed by atoms with van der Waals surface area (Å²) in [4.78, 5) is 12.1. The molecule has 5 heteroatoms. The van der Waals surface area contributed by atoms with Gasteiger partial charge in [0.25, 0.3) is 0 Å². The average Bonchev–Trinajstić information content (AvgIpc) is 2.85. The molecule has 1 aromatic carbocycles. The zero-order chi connectivity index (χ0) is 15.2. The highest BCUT2D eigenvalue weighted by atomic mass is 16.5. The summed E-state index contributed by atoms with van der Waals surface area (Å²) in [6, 6.07) is 5.55. The Bertz CT molecular complexity index is 490. The Labute approximate surface area is 125 Å². The monoisotopic (exact) mass is 292 g/mol. The topological polar surface area (TPSA) is 73.6 Å². The van der Waals surface area contributed by atoms with E-state index in [0.29, 0.717) is 30.4 Å². The van der Waals surface area contributed by atoms with Crippen molar-refractivity contribution >= 4 is 11.6 Å². The van der Waals surface area contributed by atoms with E-state index in [9.17, 15) is 4.79 Å². The van der Waals surface area contributed by atoms with Crippen LogP contribution >= 0.6 is 0 Å². The van der Waals surface area contributed by atoms with E-state index in [4.69, 9.17) is 15.2 Å². The van der Waals surface area contributed by atoms with Gasteiger partial charge >= 0.3 is 0 Å². The first-order chi connectivity index (χ1) is 10.1. The van der Waals surface area contributed by atoms with Crippen molar-refractivity contribution in [3.63, 3.8) is 0 Å². The smallest absolute Gasteiger partial charge is 0.224 e. The standard InChI is InChI=1S/C16H24N2O3/c1-3-21-15-10-12(7-8-14(15)20-2)18-16(19)9-11-5-4-6-13(11)17/h7-8,10-11,13H,3-6,9,17H2,1-2H3,(H,18,19)/t11-,13+/m0/s1. The minimum absolute atomic E-state index is 0.00460. The number of amides is 1. The summed E-state index contributed by atoms with van der Waals surface area (Å²) >= 11 is 0. The Morgan fingerprint density at radius 1 is 1.38 bits per heavy atom. The molecule has 21 heavy (non-hydrogen) atoms. The molecule has 5 nitrogen and oxygen atoms in total. The molecule has 0 heterocycles. The molecule has 2 rings (SSSR count). The number of methoxy groups -OCH3 is 1. The van der Waals surface area contributed by atoms with Crippen molar-refractivity contribution in [2.24, 2.45) is 11.7 Å². The van der Waals surface area contributed by atoms with Gasteiger partial charge in [-0.25, -0.2) is 0 Å². The number of ether oxygens (including phenoxy) is 2. The Morgan fingerprint density at radius 2 is 2.19 bits per heavy atom. The molecule has 0 bridgehead atoms. The van der Waals surface area contributed by atoms with E-state index in [1.165, 1.54) is 0 Å². The molecule has 1 aromatic rings. The molecule has 1 aliphatic rings. The molecule has 1 amide bonds. The number of nitrogens with two attached hydrogens (primary N) is 1. The summed E-state index contributed by atoms with van der Waals surface area (Å²) in [7, 11) is 1.59. The molecule has 1 aliphatic carbocycles. The summed E-state index contributed by atoms with van der Waals surface area (Å²) < 4.78 is 10.7. The van der Waals surface area contributed by atoms with Gasteiger partial charge in [0.15, 0.2) is 11.5 Å². The van der Waals surface area contributed by atoms with E-state index in [2.05, 4.69) is 5.32 Å². The largest absolute Gasteiger partial charge is 0.493 e. The molecule has 1 fully saturated rings. The SMILES string of the molecule is CCOc1cc(NC(=O)C[C@@H]2CCC[C@H]2N)ccc1OC. The molecule has 2 atom stereocenters. The quantitative estimate of drug-likeness (QED) is 0.845. The fraction of sp³-hybridized carbons (Fsp3) is 0.562. The molecule has 0 radical (unpaired) electrons. The third kappa shape index (κ3) is 4.11. The summed E-state index contributed by atoms with van der Waals surface area (Å²) in [6.07, 6.45) is 3.67. The average molecular weight is 292 g/mol. The molecule has 0 aromatic heterocycles. The lowest BCUT2D eigenvalue weighted by Gasteiger charge is -2.15. The van der Waals surface area contributed by atoms with Crippen molar-refractivity contribution in [1.29, 1.82) is 0 Å². The highest BCUT2D eigenvalue weighted by molar-refractivity contribution is 5.91. The van der Waals surface area contributed by atoms with Crippen LogP contribution in [0.4, 0.5) is 5.69 Å². The van der Waals surface area contributed by atoms with Gasteiger partial charge in [-0.05, 0) is 37.8 Å². The molecular weight excluding hydrogens is 268 g/mol. The van der Waals surface area contributed by atoms with Crippen molar-refractivity contribution in [2.45, 2.75) is 38.6 Å². The number of hydrogen-bond donors (Lipinski definition) is 2. The van der Waals surface area contributed by atoms with Crippen molar-refractivity contribution in [3.8, 4) is 11.5 Å². The van der Waals surface area contributed by atoms with E-state index >= 15 is 0 Å². The van der Waals surface area contributed by atoms with E-state index < -0.39 is 0 Å². The fourth-order valence-corrected chi connectivity index (χ4v) is 2.79. The van der Waals surface area contributed by atoms with Crippen LogP contribution in [-0.2, 0) is 4.79 Å². The van der Waals surface area contributed by atoms with E-state index in [0.717, 1.165) is 24.9 Å². The number of carbonyl (C=O) groups excluding carboxylic acids is 1. The van der Waals surface area contributed by atoms with Crippen LogP contribution in [0, 0.1) is 5.92 Å². The highest BCUT2D eigenvalue weighted by Crippen LogP contribution is 2.31. The molecule has 1 saturated carbocycles. The number of hydrogen-bond acceptors (Lipinski definition) is 4. The maximum Gasteiger partial charge on any atom is 0.224 e. The Morgan fingerprint density at radius 3 is 2.81 bits per heavy atom. The molecule has 116 valence electrons. The van der Waals surface area contributed by atoms with Gasteiger partial charge < -0.3 is 20.5 Å². The van der Waals surface area contributed by atoms with Crippen LogP contribution < -0.4 is 20.5 Å². The second-order valence-electron chi connectivity index (χ2n) is 5.41. The van der Waals surface area contributed by atoms with Crippen LogP contribution in [0.15, 0.2) is 18.2 Å². The summed E-state index contributed by atoms with van der Waals surface area (Å²) in [5, 5.41) is 2.91. The van der Waals surface area contributed by atoms with Crippen LogP contribution in [0.3, 0.4) is 0 Å². The van der Waals surface area contributed by atoms with Gasteiger partial charge in [0.1, 0.15) is 0 Å². The molecule has 0 saturated heterocycles. The van der Waals surface area contributed by atoms with Crippen LogP contribution in [0.2, 0.25) is 0 Å². The Hall–Kier alpha value is -1.75.